The minimum Gasteiger partial charge on any atom is -0.481 e. The van der Waals surface area contributed by atoms with Crippen molar-refractivity contribution in [1.82, 2.24) is 5.32 Å². The molecule has 0 aliphatic carbocycles. The summed E-state index contributed by atoms with van der Waals surface area (Å²) in [4.78, 5) is 22.3. The van der Waals surface area contributed by atoms with Crippen molar-refractivity contribution in [2.45, 2.75) is 30.9 Å². The third-order valence-corrected chi connectivity index (χ3v) is 4.75. The summed E-state index contributed by atoms with van der Waals surface area (Å²) in [5, 5.41) is 14.8. The van der Waals surface area contributed by atoms with Crippen molar-refractivity contribution < 1.29 is 14.7 Å². The summed E-state index contributed by atoms with van der Waals surface area (Å²) in [6, 6.07) is 7.07. The van der Waals surface area contributed by atoms with Crippen LogP contribution in [-0.4, -0.2) is 34.7 Å². The number of aryl methyl sites for hydroxylation is 1. The first kappa shape index (κ1) is 15.7. The first-order chi connectivity index (χ1) is 10.1. The number of benzene rings is 1. The molecule has 1 saturated heterocycles. The maximum atomic E-state index is 11.8. The van der Waals surface area contributed by atoms with Gasteiger partial charge in [-0.25, -0.2) is 4.79 Å². The maximum Gasteiger partial charge on any atom is 0.319 e. The lowest BCUT2D eigenvalue weighted by Gasteiger charge is -2.11. The van der Waals surface area contributed by atoms with Gasteiger partial charge in [-0.3, -0.25) is 4.79 Å². The number of carbonyl (C=O) groups excluding carboxylic acids is 1. The molecule has 6 heteroatoms. The third-order valence-electron chi connectivity index (χ3n) is 3.35. The lowest BCUT2D eigenvalue weighted by molar-refractivity contribution is -0.136. The summed E-state index contributed by atoms with van der Waals surface area (Å²) in [5.74, 6) is 0.382. The molecule has 1 aliphatic rings. The number of carboxylic acid groups (broad SMARTS) is 1. The third kappa shape index (κ3) is 5.67. The van der Waals surface area contributed by atoms with Crippen molar-refractivity contribution in [2.75, 3.05) is 17.6 Å². The summed E-state index contributed by atoms with van der Waals surface area (Å²) in [6.45, 7) is 0.702. The van der Waals surface area contributed by atoms with E-state index in [4.69, 9.17) is 5.11 Å². The topological polar surface area (TPSA) is 78.4 Å². The van der Waals surface area contributed by atoms with Gasteiger partial charge in [0.15, 0.2) is 0 Å². The summed E-state index contributed by atoms with van der Waals surface area (Å²) in [7, 11) is 0. The number of carboxylic acids is 1. The zero-order valence-electron chi connectivity index (χ0n) is 11.8. The van der Waals surface area contributed by atoms with Gasteiger partial charge in [-0.15, -0.1) is 0 Å². The molecule has 21 heavy (non-hydrogen) atoms. The van der Waals surface area contributed by atoms with Crippen LogP contribution >= 0.6 is 11.8 Å². The Hall–Kier alpha value is -1.69. The minimum atomic E-state index is -0.804. The van der Waals surface area contributed by atoms with Crippen molar-refractivity contribution in [3.63, 3.8) is 0 Å². The first-order valence-corrected chi connectivity index (χ1v) is 8.15. The summed E-state index contributed by atoms with van der Waals surface area (Å²) < 4.78 is 0. The van der Waals surface area contributed by atoms with Crippen LogP contribution in [0.15, 0.2) is 24.3 Å². The predicted molar refractivity (Wildman–Crippen MR) is 84.9 cm³/mol. The average molecular weight is 308 g/mol. The van der Waals surface area contributed by atoms with Gasteiger partial charge in [0.1, 0.15) is 0 Å². The number of carbonyl (C=O) groups is 2. The molecule has 0 aromatic heterocycles. The fourth-order valence-corrected chi connectivity index (χ4v) is 3.39. The quantitative estimate of drug-likeness (QED) is 0.755. The van der Waals surface area contributed by atoms with Crippen LogP contribution < -0.4 is 10.6 Å². The summed E-state index contributed by atoms with van der Waals surface area (Å²) >= 11 is 1.91. The number of rotatable bonds is 6. The zero-order chi connectivity index (χ0) is 15.1. The van der Waals surface area contributed by atoms with E-state index < -0.39 is 5.97 Å². The molecule has 1 fully saturated rings. The SMILES string of the molecule is O=C(O)CCc1ccc(NC(=O)NCC2CCCS2)cc1. The molecule has 0 spiro atoms. The molecule has 1 aromatic carbocycles. The van der Waals surface area contributed by atoms with E-state index >= 15 is 0 Å². The van der Waals surface area contributed by atoms with Gasteiger partial charge in [0.2, 0.25) is 0 Å². The smallest absolute Gasteiger partial charge is 0.319 e. The van der Waals surface area contributed by atoms with Gasteiger partial charge in [0.25, 0.3) is 0 Å². The van der Waals surface area contributed by atoms with E-state index in [0.717, 1.165) is 5.56 Å². The standard InChI is InChI=1S/C15H20N2O3S/c18-14(19)8-5-11-3-6-12(7-4-11)17-15(20)16-10-13-2-1-9-21-13/h3-4,6-7,13H,1-2,5,8-10H2,(H,18,19)(H2,16,17,20). The molecule has 2 amide bonds. The highest BCUT2D eigenvalue weighted by molar-refractivity contribution is 8.00. The van der Waals surface area contributed by atoms with Gasteiger partial charge in [-0.1, -0.05) is 12.1 Å². The van der Waals surface area contributed by atoms with Crippen LogP contribution in [0.5, 0.6) is 0 Å². The van der Waals surface area contributed by atoms with Gasteiger partial charge in [-0.05, 0) is 42.7 Å². The van der Waals surface area contributed by atoms with Crippen LogP contribution in [0.4, 0.5) is 10.5 Å². The molecular weight excluding hydrogens is 288 g/mol. The Morgan fingerprint density at radius 3 is 2.67 bits per heavy atom. The van der Waals surface area contributed by atoms with Gasteiger partial charge < -0.3 is 15.7 Å². The zero-order valence-corrected chi connectivity index (χ0v) is 12.6. The Morgan fingerprint density at radius 1 is 1.29 bits per heavy atom. The Bertz CT molecular complexity index is 484. The number of urea groups is 1. The molecule has 1 aromatic rings. The Morgan fingerprint density at radius 2 is 2.05 bits per heavy atom. The lowest BCUT2D eigenvalue weighted by atomic mass is 10.1. The number of amides is 2. The van der Waals surface area contributed by atoms with Crippen molar-refractivity contribution in [1.29, 1.82) is 0 Å². The monoisotopic (exact) mass is 308 g/mol. The second kappa shape index (κ2) is 7.93. The molecule has 0 bridgehead atoms. The molecule has 2 rings (SSSR count). The van der Waals surface area contributed by atoms with Crippen molar-refractivity contribution in [3.8, 4) is 0 Å². The molecule has 1 atom stereocenters. The van der Waals surface area contributed by atoms with Crippen molar-refractivity contribution >= 4 is 29.4 Å². The van der Waals surface area contributed by atoms with Gasteiger partial charge in [-0.2, -0.15) is 11.8 Å². The molecule has 0 radical (unpaired) electrons. The number of thioether (sulfide) groups is 1. The second-order valence-corrected chi connectivity index (χ2v) is 6.47. The van der Waals surface area contributed by atoms with E-state index in [0.29, 0.717) is 23.9 Å². The maximum absolute atomic E-state index is 11.8. The molecule has 1 unspecified atom stereocenters. The first-order valence-electron chi connectivity index (χ1n) is 7.10. The molecular formula is C15H20N2O3S. The highest BCUT2D eigenvalue weighted by Gasteiger charge is 2.16. The van der Waals surface area contributed by atoms with E-state index in [2.05, 4.69) is 10.6 Å². The van der Waals surface area contributed by atoms with Gasteiger partial charge >= 0.3 is 12.0 Å². The number of hydrogen-bond donors (Lipinski definition) is 3. The Kier molecular flexibility index (Phi) is 5.92. The molecule has 114 valence electrons. The molecule has 1 heterocycles. The van der Waals surface area contributed by atoms with Crippen LogP contribution in [0, 0.1) is 0 Å². The highest BCUT2D eigenvalue weighted by Crippen LogP contribution is 2.25. The van der Waals surface area contributed by atoms with Crippen molar-refractivity contribution in [2.24, 2.45) is 0 Å². The summed E-state index contributed by atoms with van der Waals surface area (Å²) in [5.41, 5.74) is 1.66. The number of aliphatic carboxylic acids is 1. The largest absolute Gasteiger partial charge is 0.481 e. The average Bonchev–Trinajstić information content (AvgIpc) is 2.98. The van der Waals surface area contributed by atoms with E-state index in [-0.39, 0.29) is 12.5 Å². The molecule has 1 aliphatic heterocycles. The van der Waals surface area contributed by atoms with Gasteiger partial charge in [0, 0.05) is 23.9 Å². The minimum absolute atomic E-state index is 0.117. The van der Waals surface area contributed by atoms with Gasteiger partial charge in [0.05, 0.1) is 0 Å². The lowest BCUT2D eigenvalue weighted by Crippen LogP contribution is -2.33. The fraction of sp³-hybridized carbons (Fsp3) is 0.467. The number of nitrogens with one attached hydrogen (secondary N) is 2. The molecule has 3 N–H and O–H groups in total. The van der Waals surface area contributed by atoms with E-state index in [1.807, 2.05) is 23.9 Å². The second-order valence-electron chi connectivity index (χ2n) is 5.06. The number of hydrogen-bond acceptors (Lipinski definition) is 3. The Labute approximate surface area is 128 Å². The van der Waals surface area contributed by atoms with Crippen LogP contribution in [0.1, 0.15) is 24.8 Å². The normalized spacial score (nSPS) is 17.4. The van der Waals surface area contributed by atoms with Crippen LogP contribution in [-0.2, 0) is 11.2 Å². The van der Waals surface area contributed by atoms with Crippen LogP contribution in [0.3, 0.4) is 0 Å². The molecule has 5 nitrogen and oxygen atoms in total. The predicted octanol–water partition coefficient (Wildman–Crippen LogP) is 2.72. The molecule has 0 saturated carbocycles. The van der Waals surface area contributed by atoms with Crippen molar-refractivity contribution in [3.05, 3.63) is 29.8 Å². The fourth-order valence-electron chi connectivity index (χ4n) is 2.19. The summed E-state index contributed by atoms with van der Waals surface area (Å²) in [6.07, 6.45) is 3.02. The Balaban J connectivity index is 1.73. The van der Waals surface area contributed by atoms with E-state index in [1.165, 1.54) is 18.6 Å². The van der Waals surface area contributed by atoms with Crippen LogP contribution in [0.2, 0.25) is 0 Å². The van der Waals surface area contributed by atoms with E-state index in [9.17, 15) is 9.59 Å². The van der Waals surface area contributed by atoms with Crippen LogP contribution in [0.25, 0.3) is 0 Å². The number of anilines is 1. The van der Waals surface area contributed by atoms with E-state index in [1.54, 1.807) is 12.1 Å². The highest BCUT2D eigenvalue weighted by atomic mass is 32.2.